The minimum Gasteiger partial charge on any atom is -0.305 e. The van der Waals surface area contributed by atoms with Crippen LogP contribution in [0.5, 0.6) is 0 Å². The molecule has 144 valence electrons. The molecule has 5 nitrogen and oxygen atoms in total. The molecular weight excluding hydrogens is 360 g/mol. The third-order valence-electron chi connectivity index (χ3n) is 4.85. The number of carbonyl (C=O) groups is 1. The minimum absolute atomic E-state index is 0.184. The number of nitrogens with one attached hydrogen (secondary N) is 1. The fourth-order valence-corrected chi connectivity index (χ4v) is 3.53. The smallest absolute Gasteiger partial charge is 0.256 e. The van der Waals surface area contributed by atoms with Crippen LogP contribution in [0.2, 0.25) is 0 Å². The highest BCUT2D eigenvalue weighted by Crippen LogP contribution is 2.26. The quantitative estimate of drug-likeness (QED) is 0.551. The van der Waals surface area contributed by atoms with Crippen LogP contribution in [0.1, 0.15) is 38.3 Å². The van der Waals surface area contributed by atoms with Gasteiger partial charge in [-0.2, -0.15) is 5.10 Å². The molecule has 29 heavy (non-hydrogen) atoms. The second-order valence-electron chi connectivity index (χ2n) is 7.41. The summed E-state index contributed by atoms with van der Waals surface area (Å²) < 4.78 is 0. The van der Waals surface area contributed by atoms with Crippen LogP contribution < -0.4 is 5.32 Å². The maximum atomic E-state index is 12.8. The van der Waals surface area contributed by atoms with Crippen molar-refractivity contribution < 1.29 is 4.79 Å². The largest absolute Gasteiger partial charge is 0.305 e. The summed E-state index contributed by atoms with van der Waals surface area (Å²) in [4.78, 5) is 16.9. The van der Waals surface area contributed by atoms with Crippen molar-refractivity contribution in [2.24, 2.45) is 0 Å². The first-order chi connectivity index (χ1) is 14.0. The van der Waals surface area contributed by atoms with Crippen molar-refractivity contribution >= 4 is 22.5 Å². The van der Waals surface area contributed by atoms with Gasteiger partial charge in [-0.05, 0) is 56.7 Å². The highest BCUT2D eigenvalue weighted by atomic mass is 16.1. The molecule has 0 unspecified atom stereocenters. The number of hydrogen-bond donors (Lipinski definition) is 1. The van der Waals surface area contributed by atoms with E-state index < -0.39 is 0 Å². The average molecular weight is 382 g/mol. The molecule has 1 N–H and O–H groups in total. The lowest BCUT2D eigenvalue weighted by atomic mass is 10.0. The van der Waals surface area contributed by atoms with Crippen LogP contribution >= 0.6 is 0 Å². The van der Waals surface area contributed by atoms with Crippen molar-refractivity contribution in [1.82, 2.24) is 15.2 Å². The number of amides is 1. The molecule has 0 fully saturated rings. The molecule has 0 saturated heterocycles. The molecule has 0 aliphatic heterocycles. The third kappa shape index (κ3) is 4.14. The molecule has 0 aliphatic rings. The summed E-state index contributed by atoms with van der Waals surface area (Å²) in [6.07, 6.45) is 4.20. The highest BCUT2D eigenvalue weighted by Gasteiger charge is 2.14. The average Bonchev–Trinajstić information content (AvgIpc) is 2.69. The SMILES string of the molecule is Cc1cc(C)cc(C(=O)Nc2nnc(Cc3ccncc3)c3ccc(C)cc23)c1. The predicted octanol–water partition coefficient (Wildman–Crippen LogP) is 4.79. The van der Waals surface area contributed by atoms with E-state index >= 15 is 0 Å². The standard InChI is InChI=1S/C24H22N4O/c1-15-4-5-20-21(13-15)23(26-24(29)19-11-16(2)10-17(3)12-19)28-27-22(20)14-18-6-8-25-9-7-18/h4-13H,14H2,1-3H3,(H,26,28,29). The van der Waals surface area contributed by atoms with Crippen LogP contribution in [-0.4, -0.2) is 21.1 Å². The van der Waals surface area contributed by atoms with Crippen LogP contribution in [-0.2, 0) is 6.42 Å². The van der Waals surface area contributed by atoms with Gasteiger partial charge in [0.25, 0.3) is 5.91 Å². The van der Waals surface area contributed by atoms with E-state index in [1.807, 2.05) is 63.2 Å². The number of aromatic nitrogens is 3. The Kier molecular flexibility index (Phi) is 5.04. The van der Waals surface area contributed by atoms with Crippen molar-refractivity contribution in [3.05, 3.63) is 94.4 Å². The van der Waals surface area contributed by atoms with Crippen LogP contribution in [0.3, 0.4) is 0 Å². The lowest BCUT2D eigenvalue weighted by molar-refractivity contribution is 0.102. The van der Waals surface area contributed by atoms with E-state index in [9.17, 15) is 4.79 Å². The molecule has 0 radical (unpaired) electrons. The third-order valence-corrected chi connectivity index (χ3v) is 4.85. The van der Waals surface area contributed by atoms with E-state index in [0.29, 0.717) is 17.8 Å². The Bertz CT molecular complexity index is 1180. The fraction of sp³-hybridized carbons (Fsp3) is 0.167. The fourth-order valence-electron chi connectivity index (χ4n) is 3.53. The molecule has 0 bridgehead atoms. The number of nitrogens with zero attached hydrogens (tertiary/aromatic N) is 3. The second kappa shape index (κ2) is 7.80. The minimum atomic E-state index is -0.184. The summed E-state index contributed by atoms with van der Waals surface area (Å²) in [6.45, 7) is 5.99. The Morgan fingerprint density at radius 1 is 0.828 bits per heavy atom. The lowest BCUT2D eigenvalue weighted by Gasteiger charge is -2.12. The molecule has 0 saturated carbocycles. The van der Waals surface area contributed by atoms with Crippen molar-refractivity contribution in [3.8, 4) is 0 Å². The molecule has 2 heterocycles. The van der Waals surface area contributed by atoms with E-state index in [1.54, 1.807) is 12.4 Å². The summed E-state index contributed by atoms with van der Waals surface area (Å²) in [6, 6.07) is 15.9. The van der Waals surface area contributed by atoms with Gasteiger partial charge < -0.3 is 5.32 Å². The topological polar surface area (TPSA) is 67.8 Å². The molecule has 0 spiro atoms. The van der Waals surface area contributed by atoms with Crippen LogP contribution in [0.4, 0.5) is 5.82 Å². The molecule has 4 aromatic rings. The van der Waals surface area contributed by atoms with Gasteiger partial charge in [0.05, 0.1) is 5.69 Å². The Balaban J connectivity index is 1.72. The van der Waals surface area contributed by atoms with Crippen LogP contribution in [0.15, 0.2) is 60.9 Å². The van der Waals surface area contributed by atoms with Crippen molar-refractivity contribution in [2.45, 2.75) is 27.2 Å². The highest BCUT2D eigenvalue weighted by molar-refractivity contribution is 6.08. The van der Waals surface area contributed by atoms with E-state index in [-0.39, 0.29) is 5.91 Å². The first kappa shape index (κ1) is 18.7. The molecule has 2 aromatic heterocycles. The maximum Gasteiger partial charge on any atom is 0.256 e. The number of fused-ring (bicyclic) bond motifs is 1. The summed E-state index contributed by atoms with van der Waals surface area (Å²) in [5.41, 5.74) is 5.80. The van der Waals surface area contributed by atoms with E-state index in [4.69, 9.17) is 0 Å². The van der Waals surface area contributed by atoms with Gasteiger partial charge in [-0.1, -0.05) is 34.9 Å². The van der Waals surface area contributed by atoms with Crippen molar-refractivity contribution in [3.63, 3.8) is 0 Å². The summed E-state index contributed by atoms with van der Waals surface area (Å²) >= 11 is 0. The van der Waals surface area contributed by atoms with Gasteiger partial charge in [0.15, 0.2) is 5.82 Å². The number of pyridine rings is 1. The first-order valence-corrected chi connectivity index (χ1v) is 9.54. The predicted molar refractivity (Wildman–Crippen MR) is 115 cm³/mol. The van der Waals surface area contributed by atoms with E-state index in [0.717, 1.165) is 38.7 Å². The van der Waals surface area contributed by atoms with E-state index in [1.165, 1.54) is 0 Å². The van der Waals surface area contributed by atoms with Gasteiger partial charge in [0, 0.05) is 35.2 Å². The number of benzene rings is 2. The number of anilines is 1. The Morgan fingerprint density at radius 2 is 1.55 bits per heavy atom. The number of rotatable bonds is 4. The number of aryl methyl sites for hydroxylation is 3. The van der Waals surface area contributed by atoms with Crippen molar-refractivity contribution in [1.29, 1.82) is 0 Å². The second-order valence-corrected chi connectivity index (χ2v) is 7.41. The van der Waals surface area contributed by atoms with Gasteiger partial charge >= 0.3 is 0 Å². The van der Waals surface area contributed by atoms with Gasteiger partial charge in [-0.25, -0.2) is 0 Å². The Morgan fingerprint density at radius 3 is 2.28 bits per heavy atom. The van der Waals surface area contributed by atoms with Gasteiger partial charge in [-0.15, -0.1) is 5.10 Å². The number of hydrogen-bond acceptors (Lipinski definition) is 4. The molecule has 1 amide bonds. The lowest BCUT2D eigenvalue weighted by Crippen LogP contribution is -2.15. The van der Waals surface area contributed by atoms with Crippen LogP contribution in [0, 0.1) is 20.8 Å². The van der Waals surface area contributed by atoms with Gasteiger partial charge in [0.1, 0.15) is 0 Å². The normalized spacial score (nSPS) is 10.9. The molecule has 0 atom stereocenters. The molecular formula is C24H22N4O. The summed E-state index contributed by atoms with van der Waals surface area (Å²) in [5, 5.41) is 13.6. The molecule has 5 heteroatoms. The first-order valence-electron chi connectivity index (χ1n) is 9.54. The number of carbonyl (C=O) groups excluding carboxylic acids is 1. The zero-order valence-corrected chi connectivity index (χ0v) is 16.7. The van der Waals surface area contributed by atoms with E-state index in [2.05, 4.69) is 26.6 Å². The summed E-state index contributed by atoms with van der Waals surface area (Å²) in [5.74, 6) is 0.294. The zero-order chi connectivity index (χ0) is 20.4. The van der Waals surface area contributed by atoms with Crippen LogP contribution in [0.25, 0.3) is 10.8 Å². The van der Waals surface area contributed by atoms with Gasteiger partial charge in [0.2, 0.25) is 0 Å². The Labute approximate surface area is 169 Å². The van der Waals surface area contributed by atoms with Gasteiger partial charge in [-0.3, -0.25) is 9.78 Å². The molecule has 2 aromatic carbocycles. The molecule has 0 aliphatic carbocycles. The Hall–Kier alpha value is -3.60. The molecule has 4 rings (SSSR count). The maximum absolute atomic E-state index is 12.8. The monoisotopic (exact) mass is 382 g/mol. The summed E-state index contributed by atoms with van der Waals surface area (Å²) in [7, 11) is 0. The zero-order valence-electron chi connectivity index (χ0n) is 16.7. The van der Waals surface area contributed by atoms with Crippen molar-refractivity contribution in [2.75, 3.05) is 5.32 Å².